The van der Waals surface area contributed by atoms with Crippen LogP contribution in [0.25, 0.3) is 0 Å². The molecule has 4 nitrogen and oxygen atoms in total. The minimum atomic E-state index is -0.321. The van der Waals surface area contributed by atoms with E-state index in [0.29, 0.717) is 17.6 Å². The molecule has 1 amide bonds. The van der Waals surface area contributed by atoms with E-state index in [9.17, 15) is 4.79 Å². The third-order valence-electron chi connectivity index (χ3n) is 5.58. The summed E-state index contributed by atoms with van der Waals surface area (Å²) in [6.07, 6.45) is 7.93. The van der Waals surface area contributed by atoms with Gasteiger partial charge >= 0.3 is 6.09 Å². The van der Waals surface area contributed by atoms with Crippen molar-refractivity contribution in [3.63, 3.8) is 0 Å². The van der Waals surface area contributed by atoms with E-state index in [1.807, 2.05) is 84.9 Å². The van der Waals surface area contributed by atoms with Gasteiger partial charge in [-0.3, -0.25) is 4.90 Å². The van der Waals surface area contributed by atoms with Crippen molar-refractivity contribution in [3.8, 4) is 0 Å². The zero-order chi connectivity index (χ0) is 23.8. The molecule has 0 spiro atoms. The normalized spacial score (nSPS) is 18.5. The van der Waals surface area contributed by atoms with Gasteiger partial charge in [-0.25, -0.2) is 4.79 Å². The average molecular weight is 493 g/mol. The molecule has 0 radical (unpaired) electrons. The molecule has 5 rings (SSSR count). The third kappa shape index (κ3) is 6.51. The molecule has 0 saturated carbocycles. The molecule has 3 aromatic rings. The van der Waals surface area contributed by atoms with Crippen molar-refractivity contribution in [2.24, 2.45) is 0 Å². The number of hydrogen-bond donors (Lipinski definition) is 1. The molecule has 0 bridgehead atoms. The zero-order valence-electron chi connectivity index (χ0n) is 18.6. The lowest BCUT2D eigenvalue weighted by Crippen LogP contribution is -2.31. The second-order valence-corrected chi connectivity index (χ2v) is 8.86. The summed E-state index contributed by atoms with van der Waals surface area (Å²) in [5, 5.41) is 4.79. The fraction of sp³-hybridized carbons (Fsp3) is 0.179. The lowest BCUT2D eigenvalue weighted by atomic mass is 10.1. The van der Waals surface area contributed by atoms with Crippen molar-refractivity contribution >= 4 is 29.3 Å². The molecule has 0 fully saturated rings. The van der Waals surface area contributed by atoms with Gasteiger partial charge in [0, 0.05) is 23.1 Å². The Bertz CT molecular complexity index is 1160. The van der Waals surface area contributed by atoms with Crippen LogP contribution in [-0.4, -0.2) is 24.1 Å². The molecule has 2 atom stereocenters. The van der Waals surface area contributed by atoms with Gasteiger partial charge in [-0.1, -0.05) is 102 Å². The second-order valence-electron chi connectivity index (χ2n) is 7.99. The highest BCUT2D eigenvalue weighted by molar-refractivity contribution is 6.30. The van der Waals surface area contributed by atoms with Crippen LogP contribution in [0.5, 0.6) is 0 Å². The van der Waals surface area contributed by atoms with Gasteiger partial charge in [0.05, 0.1) is 12.1 Å². The molecule has 174 valence electrons. The van der Waals surface area contributed by atoms with Crippen LogP contribution in [0.4, 0.5) is 4.79 Å². The molecule has 0 aromatic heterocycles. The minimum Gasteiger partial charge on any atom is -0.445 e. The number of ether oxygens (including phenoxy) is 1. The molecule has 2 heterocycles. The van der Waals surface area contributed by atoms with E-state index in [1.165, 1.54) is 5.56 Å². The predicted molar refractivity (Wildman–Crippen MR) is 138 cm³/mol. The predicted octanol–water partition coefficient (Wildman–Crippen LogP) is 7.13. The van der Waals surface area contributed by atoms with Crippen LogP contribution >= 0.6 is 23.2 Å². The smallest absolute Gasteiger partial charge is 0.411 e. The minimum absolute atomic E-state index is 0.123. The first-order valence-electron chi connectivity index (χ1n) is 11.1. The maximum Gasteiger partial charge on any atom is 0.411 e. The van der Waals surface area contributed by atoms with E-state index in [4.69, 9.17) is 27.9 Å². The van der Waals surface area contributed by atoms with Gasteiger partial charge in [0.1, 0.15) is 6.61 Å². The first-order valence-corrected chi connectivity index (χ1v) is 11.9. The van der Waals surface area contributed by atoms with Crippen LogP contribution in [0.2, 0.25) is 10.0 Å². The Hall–Kier alpha value is -3.05. The van der Waals surface area contributed by atoms with Crippen LogP contribution in [0.1, 0.15) is 28.8 Å². The van der Waals surface area contributed by atoms with Crippen LogP contribution in [0, 0.1) is 0 Å². The summed E-state index contributed by atoms with van der Waals surface area (Å²) in [5.74, 6) is 0. The van der Waals surface area contributed by atoms with Gasteiger partial charge in [0.2, 0.25) is 0 Å². The number of nitrogens with zero attached hydrogens (tertiary/aromatic N) is 1. The molecule has 34 heavy (non-hydrogen) atoms. The van der Waals surface area contributed by atoms with Crippen LogP contribution in [-0.2, 0) is 11.3 Å². The number of nitrogens with one attached hydrogen (secondary N) is 1. The van der Waals surface area contributed by atoms with Gasteiger partial charge < -0.3 is 10.1 Å². The van der Waals surface area contributed by atoms with Crippen molar-refractivity contribution < 1.29 is 9.53 Å². The molecule has 2 aliphatic rings. The largest absolute Gasteiger partial charge is 0.445 e. The molecule has 6 heteroatoms. The number of halogens is 2. The van der Waals surface area contributed by atoms with Gasteiger partial charge in [0.15, 0.2) is 0 Å². The van der Waals surface area contributed by atoms with Crippen molar-refractivity contribution in [2.45, 2.75) is 18.7 Å². The highest BCUT2D eigenvalue weighted by Crippen LogP contribution is 2.29. The number of hydrogen-bond acceptors (Lipinski definition) is 3. The van der Waals surface area contributed by atoms with E-state index >= 15 is 0 Å². The number of amides is 1. The van der Waals surface area contributed by atoms with Gasteiger partial charge in [-0.2, -0.15) is 0 Å². The van der Waals surface area contributed by atoms with Crippen molar-refractivity contribution in [1.82, 2.24) is 10.2 Å². The first kappa shape index (κ1) is 24.1. The molecule has 1 N–H and O–H groups in total. The van der Waals surface area contributed by atoms with Crippen LogP contribution < -0.4 is 5.32 Å². The fourth-order valence-electron chi connectivity index (χ4n) is 3.89. The summed E-state index contributed by atoms with van der Waals surface area (Å²) in [5.41, 5.74) is 3.19. The number of carbonyl (C=O) groups excluding carboxylic acids is 1. The average Bonchev–Trinajstić information content (AvgIpc) is 3.56. The maximum atomic E-state index is 12.3. The van der Waals surface area contributed by atoms with Crippen molar-refractivity contribution in [3.05, 3.63) is 130 Å². The van der Waals surface area contributed by atoms with E-state index < -0.39 is 0 Å². The van der Waals surface area contributed by atoms with Gasteiger partial charge in [0.25, 0.3) is 0 Å². The van der Waals surface area contributed by atoms with Gasteiger partial charge in [-0.05, 0) is 41.0 Å². The number of benzene rings is 3. The Morgan fingerprint density at radius 3 is 2.26 bits per heavy atom. The Morgan fingerprint density at radius 2 is 1.59 bits per heavy atom. The summed E-state index contributed by atoms with van der Waals surface area (Å²) in [7, 11) is 0. The molecule has 3 aromatic carbocycles. The summed E-state index contributed by atoms with van der Waals surface area (Å²) in [6.45, 7) is 1.78. The molecular weight excluding hydrogens is 467 g/mol. The summed E-state index contributed by atoms with van der Waals surface area (Å²) < 4.78 is 5.41. The zero-order valence-corrected chi connectivity index (χ0v) is 20.1. The van der Waals surface area contributed by atoms with Crippen molar-refractivity contribution in [2.75, 3.05) is 13.1 Å². The standard InChI is InChI=1S/C18H16ClNO2.C10H10ClN/c19-16-9-4-8-15(12-16)17-10-5-11-20(17)18(21)22-13-14-6-2-1-3-7-14;11-9-4-1-3-8(7-9)10-5-2-6-12-10/h1-10,12,17H,11,13H2;1-5,7,10,12H,6H2. The summed E-state index contributed by atoms with van der Waals surface area (Å²) >= 11 is 11.9. The lowest BCUT2D eigenvalue weighted by Gasteiger charge is -2.24. The Balaban J connectivity index is 0.000000192. The molecular formula is C28H26Cl2N2O2. The quantitative estimate of drug-likeness (QED) is 0.393. The number of carbonyl (C=O) groups is 1. The number of rotatable bonds is 4. The maximum absolute atomic E-state index is 12.3. The SMILES string of the molecule is Clc1cccc(C2C=CCN2)c1.O=C(OCc1ccccc1)N1CC=CC1c1cccc(Cl)c1. The Morgan fingerprint density at radius 1 is 0.882 bits per heavy atom. The van der Waals surface area contributed by atoms with Crippen LogP contribution in [0.3, 0.4) is 0 Å². The Labute approximate surface area is 210 Å². The summed E-state index contributed by atoms with van der Waals surface area (Å²) in [4.78, 5) is 14.0. The van der Waals surface area contributed by atoms with E-state index in [0.717, 1.165) is 22.7 Å². The monoisotopic (exact) mass is 492 g/mol. The second kappa shape index (κ2) is 11.9. The molecule has 2 unspecified atom stereocenters. The van der Waals surface area contributed by atoms with E-state index in [-0.39, 0.29) is 18.7 Å². The highest BCUT2D eigenvalue weighted by Gasteiger charge is 2.27. The first-order chi connectivity index (χ1) is 16.6. The summed E-state index contributed by atoms with van der Waals surface area (Å²) in [6, 6.07) is 25.4. The highest BCUT2D eigenvalue weighted by atomic mass is 35.5. The Kier molecular flexibility index (Phi) is 8.42. The topological polar surface area (TPSA) is 41.6 Å². The third-order valence-corrected chi connectivity index (χ3v) is 6.05. The molecule has 0 saturated heterocycles. The van der Waals surface area contributed by atoms with Crippen LogP contribution in [0.15, 0.2) is 103 Å². The van der Waals surface area contributed by atoms with E-state index in [1.54, 1.807) is 4.90 Å². The molecule has 2 aliphatic heterocycles. The van der Waals surface area contributed by atoms with E-state index in [2.05, 4.69) is 23.5 Å². The lowest BCUT2D eigenvalue weighted by molar-refractivity contribution is 0.0949. The van der Waals surface area contributed by atoms with Crippen molar-refractivity contribution in [1.29, 1.82) is 0 Å². The van der Waals surface area contributed by atoms with Gasteiger partial charge in [-0.15, -0.1) is 0 Å². The molecule has 0 aliphatic carbocycles. The fourth-order valence-corrected chi connectivity index (χ4v) is 4.29.